The van der Waals surface area contributed by atoms with Gasteiger partial charge in [0.15, 0.2) is 23.0 Å². The minimum Gasteiger partial charge on any atom is -0.504 e. The van der Waals surface area contributed by atoms with Crippen LogP contribution in [0.25, 0.3) is 0 Å². The summed E-state index contributed by atoms with van der Waals surface area (Å²) >= 11 is 0. The topological polar surface area (TPSA) is 89.4 Å². The number of hydrogen-bond donors (Lipinski definition) is 2. The molecule has 0 saturated heterocycles. The Labute approximate surface area is 145 Å². The predicted octanol–water partition coefficient (Wildman–Crippen LogP) is 2.57. The van der Waals surface area contributed by atoms with E-state index in [1.54, 1.807) is 30.3 Å². The molecule has 25 heavy (non-hydrogen) atoms. The van der Waals surface area contributed by atoms with E-state index in [0.717, 1.165) is 0 Å². The van der Waals surface area contributed by atoms with E-state index in [2.05, 4.69) is 10.5 Å². The van der Waals surface area contributed by atoms with Crippen LogP contribution in [0.5, 0.6) is 23.0 Å². The summed E-state index contributed by atoms with van der Waals surface area (Å²) < 4.78 is 15.6. The van der Waals surface area contributed by atoms with E-state index >= 15 is 0 Å². The Balaban J connectivity index is 2.07. The number of hydrazone groups is 1. The first-order valence-electron chi connectivity index (χ1n) is 7.60. The molecule has 132 valence electrons. The van der Waals surface area contributed by atoms with Crippen LogP contribution in [0.3, 0.4) is 0 Å². The van der Waals surface area contributed by atoms with Gasteiger partial charge >= 0.3 is 0 Å². The highest BCUT2D eigenvalue weighted by Crippen LogP contribution is 2.28. The van der Waals surface area contributed by atoms with Crippen LogP contribution in [0.2, 0.25) is 0 Å². The van der Waals surface area contributed by atoms with Gasteiger partial charge in [-0.25, -0.2) is 5.43 Å². The van der Waals surface area contributed by atoms with Gasteiger partial charge in [0.1, 0.15) is 0 Å². The van der Waals surface area contributed by atoms with Crippen LogP contribution in [-0.4, -0.2) is 38.1 Å². The molecule has 7 nitrogen and oxygen atoms in total. The van der Waals surface area contributed by atoms with E-state index in [0.29, 0.717) is 35.0 Å². The van der Waals surface area contributed by atoms with E-state index in [-0.39, 0.29) is 11.7 Å². The second-order valence-corrected chi connectivity index (χ2v) is 4.93. The fourth-order valence-electron chi connectivity index (χ4n) is 2.09. The summed E-state index contributed by atoms with van der Waals surface area (Å²) in [6.45, 7) is 2.37. The number of methoxy groups -OCH3 is 2. The molecule has 1 amide bonds. The molecular weight excluding hydrogens is 324 g/mol. The van der Waals surface area contributed by atoms with Crippen molar-refractivity contribution in [3.63, 3.8) is 0 Å². The van der Waals surface area contributed by atoms with Gasteiger partial charge in [-0.3, -0.25) is 4.79 Å². The monoisotopic (exact) mass is 344 g/mol. The van der Waals surface area contributed by atoms with Crippen molar-refractivity contribution in [2.45, 2.75) is 6.92 Å². The second kappa shape index (κ2) is 8.58. The Morgan fingerprint density at radius 2 is 1.88 bits per heavy atom. The number of nitrogens with one attached hydrogen (secondary N) is 1. The van der Waals surface area contributed by atoms with Crippen LogP contribution in [0.4, 0.5) is 0 Å². The molecule has 0 aromatic heterocycles. The smallest absolute Gasteiger partial charge is 0.271 e. The molecule has 7 heteroatoms. The minimum absolute atomic E-state index is 0.0326. The largest absolute Gasteiger partial charge is 0.504 e. The van der Waals surface area contributed by atoms with Crippen molar-refractivity contribution >= 4 is 12.1 Å². The molecule has 0 fully saturated rings. The normalized spacial score (nSPS) is 10.5. The number of aromatic hydroxyl groups is 1. The number of benzene rings is 2. The third-order valence-electron chi connectivity index (χ3n) is 3.31. The minimum atomic E-state index is -0.386. The lowest BCUT2D eigenvalue weighted by Crippen LogP contribution is -2.17. The first-order valence-corrected chi connectivity index (χ1v) is 7.60. The van der Waals surface area contributed by atoms with Crippen LogP contribution in [-0.2, 0) is 0 Å². The van der Waals surface area contributed by atoms with E-state index in [1.807, 2.05) is 6.92 Å². The molecule has 2 aromatic rings. The van der Waals surface area contributed by atoms with Gasteiger partial charge in [0.05, 0.1) is 27.0 Å². The average Bonchev–Trinajstić information content (AvgIpc) is 2.63. The van der Waals surface area contributed by atoms with E-state index in [9.17, 15) is 9.90 Å². The fourth-order valence-corrected chi connectivity index (χ4v) is 2.09. The highest BCUT2D eigenvalue weighted by molar-refractivity contribution is 5.95. The first-order chi connectivity index (χ1) is 12.1. The summed E-state index contributed by atoms with van der Waals surface area (Å²) in [6.07, 6.45) is 1.45. The Hall–Kier alpha value is -3.22. The number of carbonyl (C=O) groups excluding carboxylic acids is 1. The molecule has 2 N–H and O–H groups in total. The number of nitrogens with zero attached hydrogens (tertiary/aromatic N) is 1. The lowest BCUT2D eigenvalue weighted by atomic mass is 10.2. The molecule has 0 bridgehead atoms. The molecule has 0 spiro atoms. The van der Waals surface area contributed by atoms with Gasteiger partial charge in [-0.1, -0.05) is 0 Å². The van der Waals surface area contributed by atoms with Crippen molar-refractivity contribution in [3.8, 4) is 23.0 Å². The molecule has 0 aliphatic carbocycles. The zero-order valence-corrected chi connectivity index (χ0v) is 14.3. The number of amides is 1. The Morgan fingerprint density at radius 3 is 2.56 bits per heavy atom. The maximum atomic E-state index is 12.2. The van der Waals surface area contributed by atoms with Crippen molar-refractivity contribution in [2.75, 3.05) is 20.8 Å². The number of phenols is 1. The summed E-state index contributed by atoms with van der Waals surface area (Å²) in [4.78, 5) is 12.2. The quantitative estimate of drug-likeness (QED) is 0.595. The SMILES string of the molecule is CCOc1ccc(C(=O)N/N=C/c2ccc(O)c(OC)c2)cc1OC. The number of ether oxygens (including phenoxy) is 3. The van der Waals surface area contributed by atoms with Crippen molar-refractivity contribution in [1.82, 2.24) is 5.43 Å². The summed E-state index contributed by atoms with van der Waals surface area (Å²) in [5.74, 6) is 1.02. The molecule has 0 radical (unpaired) electrons. The van der Waals surface area contributed by atoms with Crippen molar-refractivity contribution in [1.29, 1.82) is 0 Å². The molecule has 2 rings (SSSR count). The van der Waals surface area contributed by atoms with Crippen LogP contribution in [0, 0.1) is 0 Å². The molecule has 2 aromatic carbocycles. The van der Waals surface area contributed by atoms with Gasteiger partial charge in [-0.05, 0) is 48.9 Å². The zero-order valence-electron chi connectivity index (χ0n) is 14.3. The van der Waals surface area contributed by atoms with E-state index in [1.165, 1.54) is 26.5 Å². The average molecular weight is 344 g/mol. The third kappa shape index (κ3) is 4.63. The highest BCUT2D eigenvalue weighted by atomic mass is 16.5. The van der Waals surface area contributed by atoms with Gasteiger partial charge in [0.2, 0.25) is 0 Å². The summed E-state index contributed by atoms with van der Waals surface area (Å²) in [7, 11) is 2.97. The van der Waals surface area contributed by atoms with Crippen LogP contribution < -0.4 is 19.6 Å². The van der Waals surface area contributed by atoms with Crippen molar-refractivity contribution in [3.05, 3.63) is 47.5 Å². The highest BCUT2D eigenvalue weighted by Gasteiger charge is 2.10. The number of carbonyl (C=O) groups is 1. The van der Waals surface area contributed by atoms with Gasteiger partial charge in [-0.2, -0.15) is 5.10 Å². The molecule has 0 aliphatic heterocycles. The van der Waals surface area contributed by atoms with Gasteiger partial charge < -0.3 is 19.3 Å². The molecular formula is C18H20N2O5. The zero-order chi connectivity index (χ0) is 18.2. The maximum absolute atomic E-state index is 12.2. The maximum Gasteiger partial charge on any atom is 0.271 e. The summed E-state index contributed by atoms with van der Waals surface area (Å²) in [6, 6.07) is 9.62. The summed E-state index contributed by atoms with van der Waals surface area (Å²) in [5, 5.41) is 13.4. The number of hydrogen-bond acceptors (Lipinski definition) is 6. The second-order valence-electron chi connectivity index (χ2n) is 4.93. The van der Waals surface area contributed by atoms with E-state index < -0.39 is 0 Å². The summed E-state index contributed by atoms with van der Waals surface area (Å²) in [5.41, 5.74) is 3.49. The van der Waals surface area contributed by atoms with Gasteiger partial charge in [0.25, 0.3) is 5.91 Å². The predicted molar refractivity (Wildman–Crippen MR) is 93.9 cm³/mol. The lowest BCUT2D eigenvalue weighted by molar-refractivity contribution is 0.0954. The van der Waals surface area contributed by atoms with Crippen molar-refractivity contribution < 1.29 is 24.1 Å². The Bertz CT molecular complexity index is 774. The van der Waals surface area contributed by atoms with Crippen molar-refractivity contribution in [2.24, 2.45) is 5.10 Å². The lowest BCUT2D eigenvalue weighted by Gasteiger charge is -2.10. The van der Waals surface area contributed by atoms with Crippen LogP contribution in [0.15, 0.2) is 41.5 Å². The standard InChI is InChI=1S/C18H20N2O5/c1-4-25-15-8-6-13(10-17(15)24-3)18(22)20-19-11-12-5-7-14(21)16(9-12)23-2/h5-11,21H,4H2,1-3H3,(H,20,22)/b19-11+. The number of rotatable bonds is 7. The molecule has 0 atom stereocenters. The Kier molecular flexibility index (Phi) is 6.22. The molecule has 0 aliphatic rings. The van der Waals surface area contributed by atoms with E-state index in [4.69, 9.17) is 14.2 Å². The van der Waals surface area contributed by atoms with Gasteiger partial charge in [-0.15, -0.1) is 0 Å². The third-order valence-corrected chi connectivity index (χ3v) is 3.31. The Morgan fingerprint density at radius 1 is 1.12 bits per heavy atom. The molecule has 0 unspecified atom stereocenters. The first kappa shape index (κ1) is 18.1. The van der Waals surface area contributed by atoms with Gasteiger partial charge in [0, 0.05) is 5.56 Å². The molecule has 0 saturated carbocycles. The van der Waals surface area contributed by atoms with Crippen LogP contribution in [0.1, 0.15) is 22.8 Å². The molecule has 0 heterocycles. The number of phenolic OH excluding ortho intramolecular Hbond substituents is 1. The fraction of sp³-hybridized carbons (Fsp3) is 0.222. The van der Waals surface area contributed by atoms with Crippen LogP contribution >= 0.6 is 0 Å².